The van der Waals surface area contributed by atoms with E-state index in [0.29, 0.717) is 0 Å². The molecule has 4 nitrogen and oxygen atoms in total. The van der Waals surface area contributed by atoms with Crippen molar-refractivity contribution in [3.63, 3.8) is 0 Å². The Labute approximate surface area is 72.0 Å². The maximum Gasteiger partial charge on any atom is 0.357 e. The highest BCUT2D eigenvalue weighted by Crippen LogP contribution is 2.23. The number of thiophene rings is 1. The van der Waals surface area contributed by atoms with Crippen LogP contribution in [0.5, 0.6) is 0 Å². The minimum Gasteiger partial charge on any atom is -0.476 e. The first-order valence-corrected chi connectivity index (χ1v) is 4.21. The van der Waals surface area contributed by atoms with Gasteiger partial charge in [-0.2, -0.15) is 5.10 Å². The Hall–Kier alpha value is -1.36. The molecule has 5 heteroatoms. The molecule has 12 heavy (non-hydrogen) atoms. The third-order valence-corrected chi connectivity index (χ3v) is 2.57. The van der Waals surface area contributed by atoms with Crippen LogP contribution < -0.4 is 0 Å². The summed E-state index contributed by atoms with van der Waals surface area (Å²) in [5, 5.41) is 14.5. The molecule has 0 bridgehead atoms. The molecule has 0 saturated heterocycles. The first-order valence-electron chi connectivity index (χ1n) is 3.33. The molecule has 2 rings (SSSR count). The van der Waals surface area contributed by atoms with Crippen molar-refractivity contribution >= 4 is 27.5 Å². The van der Waals surface area contributed by atoms with Gasteiger partial charge in [0.15, 0.2) is 5.69 Å². The molecule has 0 unspecified atom stereocenters. The van der Waals surface area contributed by atoms with Crippen LogP contribution in [0.4, 0.5) is 0 Å². The van der Waals surface area contributed by atoms with E-state index in [1.54, 1.807) is 11.7 Å². The van der Waals surface area contributed by atoms with Crippen molar-refractivity contribution in [1.82, 2.24) is 9.78 Å². The molecule has 2 aromatic heterocycles. The van der Waals surface area contributed by atoms with E-state index in [1.165, 1.54) is 11.3 Å². The smallest absolute Gasteiger partial charge is 0.357 e. The number of nitrogens with zero attached hydrogens (tertiary/aromatic N) is 2. The molecule has 0 radical (unpaired) electrons. The van der Waals surface area contributed by atoms with Crippen molar-refractivity contribution in [2.75, 3.05) is 0 Å². The Kier molecular flexibility index (Phi) is 1.41. The Balaban J connectivity index is 2.83. The van der Waals surface area contributed by atoms with Crippen LogP contribution in [0.25, 0.3) is 10.2 Å². The molecule has 0 aliphatic rings. The number of rotatable bonds is 1. The molecule has 0 atom stereocenters. The van der Waals surface area contributed by atoms with Gasteiger partial charge in [-0.3, -0.25) is 4.68 Å². The van der Waals surface area contributed by atoms with E-state index < -0.39 is 5.97 Å². The van der Waals surface area contributed by atoms with Crippen molar-refractivity contribution in [1.29, 1.82) is 0 Å². The molecule has 0 saturated carbocycles. The summed E-state index contributed by atoms with van der Waals surface area (Å²) in [6, 6.07) is 1.86. The largest absolute Gasteiger partial charge is 0.476 e. The number of carboxylic acid groups (broad SMARTS) is 1. The molecule has 1 N–H and O–H groups in total. The molecule has 2 aromatic rings. The summed E-state index contributed by atoms with van der Waals surface area (Å²) in [5.41, 5.74) is 1.01. The number of carboxylic acids is 1. The van der Waals surface area contributed by atoms with E-state index in [0.717, 1.165) is 10.2 Å². The summed E-state index contributed by atoms with van der Waals surface area (Å²) in [6.45, 7) is 0. The lowest BCUT2D eigenvalue weighted by molar-refractivity contribution is 0.0692. The van der Waals surface area contributed by atoms with Gasteiger partial charge in [0.05, 0.1) is 10.2 Å². The molecule has 0 aliphatic heterocycles. The minimum absolute atomic E-state index is 0.141. The van der Waals surface area contributed by atoms with Gasteiger partial charge in [-0.15, -0.1) is 11.3 Å². The topological polar surface area (TPSA) is 55.1 Å². The molecule has 0 fully saturated rings. The summed E-state index contributed by atoms with van der Waals surface area (Å²) >= 11 is 1.40. The lowest BCUT2D eigenvalue weighted by Crippen LogP contribution is -1.99. The van der Waals surface area contributed by atoms with Gasteiger partial charge >= 0.3 is 5.97 Å². The highest BCUT2D eigenvalue weighted by Gasteiger charge is 2.15. The summed E-state index contributed by atoms with van der Waals surface area (Å²) in [4.78, 5) is 10.7. The zero-order chi connectivity index (χ0) is 8.72. The number of hydrogen-bond acceptors (Lipinski definition) is 3. The van der Waals surface area contributed by atoms with Crippen molar-refractivity contribution < 1.29 is 9.90 Å². The molecular formula is C7H6N2O2S. The number of aromatic carboxylic acids is 1. The highest BCUT2D eigenvalue weighted by molar-refractivity contribution is 7.17. The van der Waals surface area contributed by atoms with Gasteiger partial charge in [0.25, 0.3) is 0 Å². The maximum absolute atomic E-state index is 10.7. The number of carbonyl (C=O) groups is 1. The number of fused-ring (bicyclic) bond motifs is 1. The quantitative estimate of drug-likeness (QED) is 0.723. The zero-order valence-electron chi connectivity index (χ0n) is 6.31. The second kappa shape index (κ2) is 2.31. The third kappa shape index (κ3) is 0.831. The van der Waals surface area contributed by atoms with Crippen LogP contribution in [0.15, 0.2) is 11.4 Å². The summed E-state index contributed by atoms with van der Waals surface area (Å²) in [5.74, 6) is -0.969. The Morgan fingerprint density at radius 2 is 2.50 bits per heavy atom. The fraction of sp³-hybridized carbons (Fsp3) is 0.143. The molecule has 0 aromatic carbocycles. The van der Waals surface area contributed by atoms with E-state index in [4.69, 9.17) is 5.11 Å². The Morgan fingerprint density at radius 3 is 3.17 bits per heavy atom. The van der Waals surface area contributed by atoms with Gasteiger partial charge in [0.1, 0.15) is 0 Å². The summed E-state index contributed by atoms with van der Waals surface area (Å²) < 4.78 is 2.32. The van der Waals surface area contributed by atoms with Gasteiger partial charge in [0, 0.05) is 7.05 Å². The van der Waals surface area contributed by atoms with Gasteiger partial charge in [0.2, 0.25) is 0 Å². The normalized spacial score (nSPS) is 10.8. The van der Waals surface area contributed by atoms with E-state index >= 15 is 0 Å². The number of hydrogen-bond donors (Lipinski definition) is 1. The monoisotopic (exact) mass is 182 g/mol. The van der Waals surface area contributed by atoms with Gasteiger partial charge in [-0.1, -0.05) is 0 Å². The zero-order valence-corrected chi connectivity index (χ0v) is 7.13. The van der Waals surface area contributed by atoms with Crippen molar-refractivity contribution in [3.8, 4) is 0 Å². The van der Waals surface area contributed by atoms with E-state index in [1.807, 2.05) is 11.4 Å². The van der Waals surface area contributed by atoms with Gasteiger partial charge in [-0.05, 0) is 11.4 Å². The summed E-state index contributed by atoms with van der Waals surface area (Å²) in [7, 11) is 1.74. The van der Waals surface area contributed by atoms with Gasteiger partial charge in [-0.25, -0.2) is 4.79 Å². The van der Waals surface area contributed by atoms with Crippen molar-refractivity contribution in [3.05, 3.63) is 17.1 Å². The predicted octanol–water partition coefficient (Wildman–Crippen LogP) is 1.33. The molecular weight excluding hydrogens is 176 g/mol. The van der Waals surface area contributed by atoms with Crippen LogP contribution in [0.3, 0.4) is 0 Å². The SMILES string of the molecule is Cn1nc(C(=O)O)c2sccc21. The first kappa shape index (κ1) is 7.30. The molecule has 0 amide bonds. The van der Waals surface area contributed by atoms with Crippen molar-refractivity contribution in [2.24, 2.45) is 7.05 Å². The number of aromatic nitrogens is 2. The summed E-state index contributed by atoms with van der Waals surface area (Å²) in [6.07, 6.45) is 0. The van der Waals surface area contributed by atoms with Crippen LogP contribution in [0.1, 0.15) is 10.5 Å². The second-order valence-corrected chi connectivity index (χ2v) is 3.33. The second-order valence-electron chi connectivity index (χ2n) is 2.41. The molecule has 0 spiro atoms. The van der Waals surface area contributed by atoms with Crippen LogP contribution in [-0.2, 0) is 7.05 Å². The highest BCUT2D eigenvalue weighted by atomic mass is 32.1. The van der Waals surface area contributed by atoms with Crippen LogP contribution in [0.2, 0.25) is 0 Å². The van der Waals surface area contributed by atoms with Crippen LogP contribution >= 0.6 is 11.3 Å². The predicted molar refractivity (Wildman–Crippen MR) is 45.6 cm³/mol. The third-order valence-electron chi connectivity index (χ3n) is 1.66. The van der Waals surface area contributed by atoms with Crippen molar-refractivity contribution in [2.45, 2.75) is 0 Å². The maximum atomic E-state index is 10.7. The average molecular weight is 182 g/mol. The standard InChI is InChI=1S/C7H6N2O2S/c1-9-4-2-3-12-6(4)5(8-9)7(10)11/h2-3H,1H3,(H,10,11). The Bertz CT molecular complexity index is 443. The lowest BCUT2D eigenvalue weighted by atomic mass is 10.4. The average Bonchev–Trinajstić information content (AvgIpc) is 2.53. The first-order chi connectivity index (χ1) is 5.70. The van der Waals surface area contributed by atoms with Crippen LogP contribution in [-0.4, -0.2) is 20.9 Å². The fourth-order valence-corrected chi connectivity index (χ4v) is 2.02. The van der Waals surface area contributed by atoms with E-state index in [2.05, 4.69) is 5.10 Å². The lowest BCUT2D eigenvalue weighted by Gasteiger charge is -1.85. The van der Waals surface area contributed by atoms with E-state index in [-0.39, 0.29) is 5.69 Å². The van der Waals surface area contributed by atoms with E-state index in [9.17, 15) is 4.79 Å². The minimum atomic E-state index is -0.969. The molecule has 62 valence electrons. The Morgan fingerprint density at radius 1 is 1.75 bits per heavy atom. The fourth-order valence-electron chi connectivity index (χ4n) is 1.12. The van der Waals surface area contributed by atoms with Gasteiger partial charge < -0.3 is 5.11 Å². The molecule has 0 aliphatic carbocycles. The number of aryl methyl sites for hydroxylation is 1. The molecule has 2 heterocycles. The van der Waals surface area contributed by atoms with Crippen LogP contribution in [0, 0.1) is 0 Å².